The summed E-state index contributed by atoms with van der Waals surface area (Å²) in [5, 5.41) is 10.2. The van der Waals surface area contributed by atoms with Gasteiger partial charge in [-0.3, -0.25) is 10.1 Å². The van der Waals surface area contributed by atoms with Crippen molar-refractivity contribution in [2.75, 3.05) is 0 Å². The van der Waals surface area contributed by atoms with Gasteiger partial charge in [-0.2, -0.15) is 0 Å². The Kier molecular flexibility index (Phi) is 2.21. The molecule has 0 aromatic rings. The van der Waals surface area contributed by atoms with Gasteiger partial charge in [0, 0.05) is 0 Å². The average molecular weight is 204 g/mol. The van der Waals surface area contributed by atoms with Gasteiger partial charge in [-0.1, -0.05) is 6.08 Å². The third kappa shape index (κ3) is 1.44. The van der Waals surface area contributed by atoms with Crippen molar-refractivity contribution in [3.8, 4) is 0 Å². The maximum Gasteiger partial charge on any atom is 0.279 e. The lowest BCUT2D eigenvalue weighted by atomic mass is 10.1. The normalized spacial score (nSPS) is 17.7. The highest BCUT2D eigenvalue weighted by Gasteiger charge is 2.16. The van der Waals surface area contributed by atoms with Gasteiger partial charge in [-0.25, -0.2) is 0 Å². The van der Waals surface area contributed by atoms with Gasteiger partial charge in [0.2, 0.25) is 0 Å². The van der Waals surface area contributed by atoms with Gasteiger partial charge < -0.3 is 0 Å². The first-order valence-corrected chi connectivity index (χ1v) is 3.71. The van der Waals surface area contributed by atoms with E-state index in [0.29, 0.717) is 4.48 Å². The summed E-state index contributed by atoms with van der Waals surface area (Å²) < 4.78 is 0.601. The van der Waals surface area contributed by atoms with Gasteiger partial charge in [0.05, 0.1) is 9.41 Å². The number of nitrogens with zero attached hydrogens (tertiary/aromatic N) is 1. The van der Waals surface area contributed by atoms with Crippen LogP contribution in [0, 0.1) is 10.1 Å². The summed E-state index contributed by atoms with van der Waals surface area (Å²) in [6.45, 7) is 0. The fourth-order valence-corrected chi connectivity index (χ4v) is 1.33. The molecule has 0 spiro atoms. The highest BCUT2D eigenvalue weighted by molar-refractivity contribution is 9.11. The largest absolute Gasteiger partial charge is 0.279 e. The predicted molar refractivity (Wildman–Crippen MR) is 41.3 cm³/mol. The molecule has 0 fully saturated rings. The molecule has 0 atom stereocenters. The molecule has 0 amide bonds. The minimum atomic E-state index is -0.375. The van der Waals surface area contributed by atoms with Crippen molar-refractivity contribution in [1.29, 1.82) is 0 Å². The molecule has 1 rings (SSSR count). The van der Waals surface area contributed by atoms with Crippen LogP contribution in [0.1, 0.15) is 12.8 Å². The van der Waals surface area contributed by atoms with Crippen molar-refractivity contribution in [1.82, 2.24) is 0 Å². The Balaban J connectivity index is 2.84. The molecule has 0 N–H and O–H groups in total. The first kappa shape index (κ1) is 7.47. The molecule has 1 aliphatic rings. The van der Waals surface area contributed by atoms with E-state index in [-0.39, 0.29) is 10.6 Å². The van der Waals surface area contributed by atoms with Gasteiger partial charge in [-0.05, 0) is 34.8 Å². The van der Waals surface area contributed by atoms with Crippen LogP contribution in [0.15, 0.2) is 22.3 Å². The van der Waals surface area contributed by atoms with Crippen molar-refractivity contribution in [3.05, 3.63) is 32.4 Å². The summed E-state index contributed by atoms with van der Waals surface area (Å²) >= 11 is 3.11. The molecule has 10 heavy (non-hydrogen) atoms. The monoisotopic (exact) mass is 203 g/mol. The number of nitro groups is 1. The van der Waals surface area contributed by atoms with E-state index >= 15 is 0 Å². The van der Waals surface area contributed by atoms with Crippen LogP contribution >= 0.6 is 15.9 Å². The lowest BCUT2D eigenvalue weighted by molar-refractivity contribution is -0.420. The number of halogens is 1. The smallest absolute Gasteiger partial charge is 0.258 e. The molecule has 0 aromatic heterocycles. The molecule has 0 heterocycles. The summed E-state index contributed by atoms with van der Waals surface area (Å²) in [6, 6.07) is 0. The van der Waals surface area contributed by atoms with Gasteiger partial charge >= 0.3 is 0 Å². The van der Waals surface area contributed by atoms with Gasteiger partial charge in [0.25, 0.3) is 5.70 Å². The topological polar surface area (TPSA) is 43.1 Å². The molecule has 1 aliphatic carbocycles. The van der Waals surface area contributed by atoms with E-state index in [1.54, 1.807) is 6.08 Å². The summed E-state index contributed by atoms with van der Waals surface area (Å²) in [5.74, 6) is 0. The second-order valence-electron chi connectivity index (χ2n) is 1.98. The minimum absolute atomic E-state index is 0.186. The molecule has 0 bridgehead atoms. The Morgan fingerprint density at radius 3 is 2.50 bits per heavy atom. The van der Waals surface area contributed by atoms with Crippen LogP contribution in [0.2, 0.25) is 0 Å². The van der Waals surface area contributed by atoms with E-state index < -0.39 is 0 Å². The van der Waals surface area contributed by atoms with E-state index in [0.717, 1.165) is 12.8 Å². The molecule has 0 aliphatic heterocycles. The lowest BCUT2D eigenvalue weighted by Crippen LogP contribution is -2.00. The Morgan fingerprint density at radius 1 is 1.50 bits per heavy atom. The first-order valence-electron chi connectivity index (χ1n) is 2.92. The summed E-state index contributed by atoms with van der Waals surface area (Å²) in [6.07, 6.45) is 5.10. The van der Waals surface area contributed by atoms with E-state index in [1.165, 1.54) is 0 Å². The zero-order valence-electron chi connectivity index (χ0n) is 5.21. The fraction of sp³-hybridized carbons (Fsp3) is 0.333. The van der Waals surface area contributed by atoms with Crippen LogP contribution in [0.5, 0.6) is 0 Å². The van der Waals surface area contributed by atoms with Crippen molar-refractivity contribution < 1.29 is 4.92 Å². The second-order valence-corrected chi connectivity index (χ2v) is 2.83. The summed E-state index contributed by atoms with van der Waals surface area (Å²) in [4.78, 5) is 9.86. The lowest BCUT2D eigenvalue weighted by Gasteiger charge is -2.01. The molecule has 3 nitrogen and oxygen atoms in total. The van der Waals surface area contributed by atoms with E-state index in [2.05, 4.69) is 15.9 Å². The molecular formula is C6H6BrNO2. The van der Waals surface area contributed by atoms with Crippen LogP contribution in [0.4, 0.5) is 0 Å². The van der Waals surface area contributed by atoms with Crippen molar-refractivity contribution in [3.63, 3.8) is 0 Å². The van der Waals surface area contributed by atoms with Gasteiger partial charge in [-0.15, -0.1) is 0 Å². The Labute approximate surface area is 66.7 Å². The van der Waals surface area contributed by atoms with Crippen LogP contribution in [0.25, 0.3) is 0 Å². The minimum Gasteiger partial charge on any atom is -0.258 e. The number of hydrogen-bond donors (Lipinski definition) is 0. The molecule has 4 heteroatoms. The zero-order chi connectivity index (χ0) is 7.56. The third-order valence-electron chi connectivity index (χ3n) is 1.27. The first-order chi connectivity index (χ1) is 4.72. The highest BCUT2D eigenvalue weighted by atomic mass is 79.9. The highest BCUT2D eigenvalue weighted by Crippen LogP contribution is 2.23. The van der Waals surface area contributed by atoms with Crippen LogP contribution < -0.4 is 0 Å². The Morgan fingerprint density at radius 2 is 2.10 bits per heavy atom. The number of allylic oxidation sites excluding steroid dienone is 3. The Hall–Kier alpha value is -0.640. The molecule has 0 radical (unpaired) electrons. The molecule has 0 aromatic carbocycles. The van der Waals surface area contributed by atoms with Crippen molar-refractivity contribution >= 4 is 15.9 Å². The maximum atomic E-state index is 10.2. The molecule has 0 saturated carbocycles. The van der Waals surface area contributed by atoms with Crippen LogP contribution in [-0.4, -0.2) is 4.92 Å². The summed E-state index contributed by atoms with van der Waals surface area (Å²) in [7, 11) is 0. The maximum absolute atomic E-state index is 10.2. The van der Waals surface area contributed by atoms with E-state index in [9.17, 15) is 10.1 Å². The van der Waals surface area contributed by atoms with Gasteiger partial charge in [0.1, 0.15) is 0 Å². The fourth-order valence-electron chi connectivity index (χ4n) is 0.794. The number of hydrogen-bond acceptors (Lipinski definition) is 2. The third-order valence-corrected chi connectivity index (χ3v) is 2.00. The van der Waals surface area contributed by atoms with E-state index in [4.69, 9.17) is 0 Å². The predicted octanol–water partition coefficient (Wildman–Crippen LogP) is 2.22. The van der Waals surface area contributed by atoms with E-state index in [1.807, 2.05) is 6.08 Å². The quantitative estimate of drug-likeness (QED) is 0.485. The average Bonchev–Trinajstić information content (AvgIpc) is 1.88. The van der Waals surface area contributed by atoms with Crippen LogP contribution in [0.3, 0.4) is 0 Å². The standard InChI is InChI=1S/C6H6BrNO2/c7-5-3-1-2-4-6(5)8(9)10/h3-4H,1-2H2. The van der Waals surface area contributed by atoms with Crippen molar-refractivity contribution in [2.24, 2.45) is 0 Å². The summed E-state index contributed by atoms with van der Waals surface area (Å²) in [5.41, 5.74) is 0.186. The molecule has 0 saturated heterocycles. The van der Waals surface area contributed by atoms with Gasteiger partial charge in [0.15, 0.2) is 0 Å². The zero-order valence-corrected chi connectivity index (χ0v) is 6.80. The molecule has 0 unspecified atom stereocenters. The Bertz CT molecular complexity index is 220. The molecular weight excluding hydrogens is 198 g/mol. The SMILES string of the molecule is O=[N+]([O-])C1=CCCC=C1Br. The molecule has 54 valence electrons. The second kappa shape index (κ2) is 2.96. The van der Waals surface area contributed by atoms with Crippen LogP contribution in [-0.2, 0) is 0 Å². The van der Waals surface area contributed by atoms with Crippen molar-refractivity contribution in [2.45, 2.75) is 12.8 Å². The number of rotatable bonds is 1.